The van der Waals surface area contributed by atoms with Crippen molar-refractivity contribution in [2.24, 2.45) is 0 Å². The number of aromatic nitrogens is 3. The van der Waals surface area contributed by atoms with E-state index in [9.17, 15) is 0 Å². The van der Waals surface area contributed by atoms with Gasteiger partial charge in [-0.1, -0.05) is 24.3 Å². The Morgan fingerprint density at radius 1 is 1.00 bits per heavy atom. The molecule has 6 heteroatoms. The summed E-state index contributed by atoms with van der Waals surface area (Å²) in [5, 5.41) is 3.15. The third-order valence-corrected chi connectivity index (χ3v) is 3.43. The quantitative estimate of drug-likeness (QED) is 0.748. The number of benzene rings is 1. The second-order valence-electron chi connectivity index (χ2n) is 5.11. The Morgan fingerprint density at radius 3 is 2.71 bits per heavy atom. The van der Waals surface area contributed by atoms with Gasteiger partial charge in [0.1, 0.15) is 5.75 Å². The summed E-state index contributed by atoms with van der Waals surface area (Å²) in [7, 11) is 1.57. The van der Waals surface area contributed by atoms with Crippen LogP contribution in [0, 0.1) is 6.92 Å². The largest absolute Gasteiger partial charge is 0.481 e. The van der Waals surface area contributed by atoms with Gasteiger partial charge in [0.15, 0.2) is 0 Å². The van der Waals surface area contributed by atoms with E-state index < -0.39 is 0 Å². The maximum Gasteiger partial charge on any atom is 0.226 e. The SMILES string of the molecule is COc1ccnc(NCc2cccnc2Oc2ccccc2C)n1. The lowest BCUT2D eigenvalue weighted by Crippen LogP contribution is -2.06. The number of para-hydroxylation sites is 1. The van der Waals surface area contributed by atoms with Crippen molar-refractivity contribution in [3.8, 4) is 17.5 Å². The fourth-order valence-corrected chi connectivity index (χ4v) is 2.14. The molecule has 0 bridgehead atoms. The number of methoxy groups -OCH3 is 1. The van der Waals surface area contributed by atoms with E-state index in [1.165, 1.54) is 0 Å². The summed E-state index contributed by atoms with van der Waals surface area (Å²) in [6.45, 7) is 2.49. The van der Waals surface area contributed by atoms with Gasteiger partial charge < -0.3 is 14.8 Å². The average Bonchev–Trinajstić information content (AvgIpc) is 2.63. The molecular formula is C18H18N4O2. The Labute approximate surface area is 140 Å². The lowest BCUT2D eigenvalue weighted by Gasteiger charge is -2.12. The van der Waals surface area contributed by atoms with E-state index in [1.54, 1.807) is 25.6 Å². The molecule has 0 saturated carbocycles. The number of rotatable bonds is 6. The van der Waals surface area contributed by atoms with Crippen LogP contribution in [0.2, 0.25) is 0 Å². The van der Waals surface area contributed by atoms with E-state index in [0.717, 1.165) is 16.9 Å². The minimum Gasteiger partial charge on any atom is -0.481 e. The fourth-order valence-electron chi connectivity index (χ4n) is 2.14. The molecule has 1 aromatic carbocycles. The molecule has 0 amide bonds. The van der Waals surface area contributed by atoms with Crippen LogP contribution >= 0.6 is 0 Å². The monoisotopic (exact) mass is 322 g/mol. The van der Waals surface area contributed by atoms with Crippen molar-refractivity contribution in [3.63, 3.8) is 0 Å². The van der Waals surface area contributed by atoms with E-state index in [1.807, 2.05) is 43.3 Å². The molecule has 0 aliphatic heterocycles. The van der Waals surface area contributed by atoms with E-state index in [4.69, 9.17) is 9.47 Å². The molecule has 0 unspecified atom stereocenters. The number of hydrogen-bond acceptors (Lipinski definition) is 6. The molecule has 0 fully saturated rings. The van der Waals surface area contributed by atoms with Crippen LogP contribution in [-0.2, 0) is 6.54 Å². The maximum atomic E-state index is 5.96. The second kappa shape index (κ2) is 7.41. The summed E-state index contributed by atoms with van der Waals surface area (Å²) in [6.07, 6.45) is 3.35. The summed E-state index contributed by atoms with van der Waals surface area (Å²) >= 11 is 0. The highest BCUT2D eigenvalue weighted by Gasteiger charge is 2.08. The van der Waals surface area contributed by atoms with Crippen molar-refractivity contribution in [1.29, 1.82) is 0 Å². The highest BCUT2D eigenvalue weighted by atomic mass is 16.5. The Bertz CT molecular complexity index is 823. The van der Waals surface area contributed by atoms with Crippen molar-refractivity contribution in [1.82, 2.24) is 15.0 Å². The molecule has 0 spiro atoms. The standard InChI is InChI=1S/C18H18N4O2/c1-13-6-3-4-8-15(13)24-17-14(7-5-10-19-17)12-21-18-20-11-9-16(22-18)23-2/h3-11H,12H2,1-2H3,(H,20,21,22). The van der Waals surface area contributed by atoms with Crippen LogP contribution in [-0.4, -0.2) is 22.1 Å². The normalized spacial score (nSPS) is 10.2. The van der Waals surface area contributed by atoms with Gasteiger partial charge in [0.25, 0.3) is 0 Å². The van der Waals surface area contributed by atoms with E-state index in [-0.39, 0.29) is 0 Å². The molecule has 24 heavy (non-hydrogen) atoms. The molecule has 2 heterocycles. The molecule has 0 aliphatic rings. The number of nitrogens with zero attached hydrogens (tertiary/aromatic N) is 3. The zero-order chi connectivity index (χ0) is 16.8. The maximum absolute atomic E-state index is 5.96. The minimum atomic E-state index is 0.486. The van der Waals surface area contributed by atoms with Crippen molar-refractivity contribution in [3.05, 3.63) is 66.0 Å². The van der Waals surface area contributed by atoms with Crippen LogP contribution in [0.3, 0.4) is 0 Å². The first kappa shape index (κ1) is 15.7. The Hall–Kier alpha value is -3.15. The van der Waals surface area contributed by atoms with E-state index in [0.29, 0.717) is 24.3 Å². The van der Waals surface area contributed by atoms with E-state index >= 15 is 0 Å². The molecule has 0 atom stereocenters. The molecule has 3 rings (SSSR count). The predicted molar refractivity (Wildman–Crippen MR) is 91.4 cm³/mol. The first-order chi connectivity index (χ1) is 11.8. The summed E-state index contributed by atoms with van der Waals surface area (Å²) in [5.41, 5.74) is 1.96. The summed E-state index contributed by atoms with van der Waals surface area (Å²) in [6, 6.07) is 13.4. The lowest BCUT2D eigenvalue weighted by atomic mass is 10.2. The number of pyridine rings is 1. The first-order valence-corrected chi connectivity index (χ1v) is 7.54. The van der Waals surface area contributed by atoms with Crippen molar-refractivity contribution in [2.45, 2.75) is 13.5 Å². The van der Waals surface area contributed by atoms with Crippen LogP contribution in [0.15, 0.2) is 54.9 Å². The molecule has 3 aromatic rings. The smallest absolute Gasteiger partial charge is 0.226 e. The Kier molecular flexibility index (Phi) is 4.86. The van der Waals surface area contributed by atoms with Gasteiger partial charge in [-0.3, -0.25) is 0 Å². The van der Waals surface area contributed by atoms with Crippen LogP contribution in [0.5, 0.6) is 17.5 Å². The molecule has 0 radical (unpaired) electrons. The molecule has 2 aromatic heterocycles. The molecule has 0 saturated heterocycles. The third-order valence-electron chi connectivity index (χ3n) is 3.43. The summed E-state index contributed by atoms with van der Waals surface area (Å²) < 4.78 is 11.1. The number of nitrogens with one attached hydrogen (secondary N) is 1. The van der Waals surface area contributed by atoms with Gasteiger partial charge in [-0.2, -0.15) is 4.98 Å². The predicted octanol–water partition coefficient (Wildman–Crippen LogP) is 3.59. The van der Waals surface area contributed by atoms with Crippen LogP contribution in [0.4, 0.5) is 5.95 Å². The van der Waals surface area contributed by atoms with Gasteiger partial charge in [0.2, 0.25) is 17.7 Å². The molecule has 0 aliphatic carbocycles. The topological polar surface area (TPSA) is 69.2 Å². The molecule has 6 nitrogen and oxygen atoms in total. The highest BCUT2D eigenvalue weighted by molar-refractivity contribution is 5.39. The van der Waals surface area contributed by atoms with Gasteiger partial charge in [0.05, 0.1) is 7.11 Å². The Balaban J connectivity index is 1.75. The van der Waals surface area contributed by atoms with Gasteiger partial charge in [-0.05, 0) is 24.6 Å². The average molecular weight is 322 g/mol. The highest BCUT2D eigenvalue weighted by Crippen LogP contribution is 2.26. The van der Waals surface area contributed by atoms with Crippen molar-refractivity contribution in [2.75, 3.05) is 12.4 Å². The number of hydrogen-bond donors (Lipinski definition) is 1. The number of aryl methyl sites for hydroxylation is 1. The van der Waals surface area contributed by atoms with E-state index in [2.05, 4.69) is 20.3 Å². The van der Waals surface area contributed by atoms with Crippen molar-refractivity contribution < 1.29 is 9.47 Å². The summed E-state index contributed by atoms with van der Waals surface area (Å²) in [5.74, 6) is 2.34. The van der Waals surface area contributed by atoms with Gasteiger partial charge in [-0.15, -0.1) is 0 Å². The van der Waals surface area contributed by atoms with Crippen molar-refractivity contribution >= 4 is 5.95 Å². The summed E-state index contributed by atoms with van der Waals surface area (Å²) in [4.78, 5) is 12.7. The number of anilines is 1. The first-order valence-electron chi connectivity index (χ1n) is 7.54. The van der Waals surface area contributed by atoms with Crippen LogP contribution in [0.25, 0.3) is 0 Å². The third kappa shape index (κ3) is 3.78. The minimum absolute atomic E-state index is 0.486. The zero-order valence-corrected chi connectivity index (χ0v) is 13.6. The lowest BCUT2D eigenvalue weighted by molar-refractivity contribution is 0.397. The van der Waals surface area contributed by atoms with Crippen LogP contribution < -0.4 is 14.8 Å². The zero-order valence-electron chi connectivity index (χ0n) is 13.6. The molecule has 1 N–H and O–H groups in total. The van der Waals surface area contributed by atoms with Gasteiger partial charge in [-0.25, -0.2) is 9.97 Å². The van der Waals surface area contributed by atoms with Gasteiger partial charge in [0, 0.05) is 30.6 Å². The van der Waals surface area contributed by atoms with Gasteiger partial charge >= 0.3 is 0 Å². The molecule has 122 valence electrons. The number of ether oxygens (including phenoxy) is 2. The Morgan fingerprint density at radius 2 is 1.88 bits per heavy atom. The second-order valence-corrected chi connectivity index (χ2v) is 5.11. The van der Waals surface area contributed by atoms with Crippen LogP contribution in [0.1, 0.15) is 11.1 Å². The fraction of sp³-hybridized carbons (Fsp3) is 0.167. The molecular weight excluding hydrogens is 304 g/mol.